The summed E-state index contributed by atoms with van der Waals surface area (Å²) in [5.41, 5.74) is 0. The first-order chi connectivity index (χ1) is 9.96. The predicted molar refractivity (Wildman–Crippen MR) is 79.7 cm³/mol. The normalized spacial score (nSPS) is 45.6. The molecule has 22 heavy (non-hydrogen) atoms. The van der Waals surface area contributed by atoms with Gasteiger partial charge in [0.2, 0.25) is 0 Å². The molecule has 0 aromatic heterocycles. The lowest BCUT2D eigenvalue weighted by Crippen LogP contribution is -2.45. The van der Waals surface area contributed by atoms with Crippen molar-refractivity contribution in [3.05, 3.63) is 0 Å². The maximum atomic E-state index is 12.0. The molecular weight excluding hydrogens is 312 g/mol. The molecule has 6 atom stereocenters. The van der Waals surface area contributed by atoms with Gasteiger partial charge >= 0.3 is 0 Å². The van der Waals surface area contributed by atoms with Crippen molar-refractivity contribution < 1.29 is 32.1 Å². The minimum absolute atomic E-state index is 0.345. The van der Waals surface area contributed by atoms with Gasteiger partial charge in [-0.1, -0.05) is 0 Å². The van der Waals surface area contributed by atoms with Crippen LogP contribution >= 0.6 is 0 Å². The Balaban J connectivity index is 1.81. The number of ether oxygens (including phenoxy) is 5. The molecule has 3 fully saturated rings. The third-order valence-corrected chi connectivity index (χ3v) is 4.37. The van der Waals surface area contributed by atoms with Crippen LogP contribution in [0.3, 0.4) is 0 Å². The Hall–Kier alpha value is -0.220. The van der Waals surface area contributed by atoms with Crippen LogP contribution in [0.4, 0.5) is 0 Å². The summed E-state index contributed by atoms with van der Waals surface area (Å²) in [5, 5.41) is 0. The average Bonchev–Trinajstić information content (AvgIpc) is 2.89. The Kier molecular flexibility index (Phi) is 3.88. The second-order valence-corrected chi connectivity index (χ2v) is 8.97. The molecule has 3 aliphatic rings. The fraction of sp³-hybridized carbons (Fsp3) is 0.929. The molecule has 0 radical (unpaired) electrons. The van der Waals surface area contributed by atoms with Crippen LogP contribution in [-0.4, -0.2) is 65.2 Å². The molecule has 0 N–H and O–H groups in total. The molecule has 0 aromatic carbocycles. The monoisotopic (exact) mass is 336 g/mol. The zero-order valence-electron chi connectivity index (χ0n) is 13.6. The third-order valence-electron chi connectivity index (χ3n) is 3.74. The van der Waals surface area contributed by atoms with Crippen molar-refractivity contribution >= 4 is 15.7 Å². The molecule has 1 unspecified atom stereocenters. The molecule has 0 bridgehead atoms. The van der Waals surface area contributed by atoms with Crippen LogP contribution in [0.2, 0.25) is 0 Å². The largest absolute Gasteiger partial charge is 0.348 e. The summed E-state index contributed by atoms with van der Waals surface area (Å²) in [7, 11) is -2.69. The Morgan fingerprint density at radius 3 is 2.32 bits per heavy atom. The summed E-state index contributed by atoms with van der Waals surface area (Å²) in [6, 6.07) is 0. The SMILES string of the molecule is C=S(C)(=O)O[C@@H]1[C@H]2OC(C)(C)O[C@H]2O[C@@H]1[C@H]1COC(C)(C)O1. The maximum Gasteiger partial charge on any atom is 0.190 e. The Labute approximate surface area is 131 Å². The van der Waals surface area contributed by atoms with Gasteiger partial charge in [0.15, 0.2) is 17.9 Å². The first-order valence-electron chi connectivity index (χ1n) is 7.29. The predicted octanol–water partition coefficient (Wildman–Crippen LogP) is 0.661. The van der Waals surface area contributed by atoms with Gasteiger partial charge in [0, 0.05) is 6.26 Å². The minimum Gasteiger partial charge on any atom is -0.348 e. The summed E-state index contributed by atoms with van der Waals surface area (Å²) < 4.78 is 46.6. The van der Waals surface area contributed by atoms with Crippen LogP contribution in [0.5, 0.6) is 0 Å². The van der Waals surface area contributed by atoms with Crippen molar-refractivity contribution in [1.29, 1.82) is 0 Å². The van der Waals surface area contributed by atoms with Crippen LogP contribution in [-0.2, 0) is 37.7 Å². The van der Waals surface area contributed by atoms with E-state index in [-0.39, 0.29) is 6.10 Å². The lowest BCUT2D eigenvalue weighted by molar-refractivity contribution is -0.230. The van der Waals surface area contributed by atoms with E-state index in [0.29, 0.717) is 6.61 Å². The second-order valence-electron chi connectivity index (χ2n) is 6.92. The van der Waals surface area contributed by atoms with Crippen LogP contribution in [0.15, 0.2) is 0 Å². The molecule has 3 aliphatic heterocycles. The molecule has 128 valence electrons. The van der Waals surface area contributed by atoms with Gasteiger partial charge in [0.1, 0.15) is 24.4 Å². The maximum absolute atomic E-state index is 12.0. The highest BCUT2D eigenvalue weighted by molar-refractivity contribution is 7.95. The van der Waals surface area contributed by atoms with E-state index in [9.17, 15) is 4.21 Å². The van der Waals surface area contributed by atoms with Crippen molar-refractivity contribution in [2.45, 2.75) is 70.0 Å². The van der Waals surface area contributed by atoms with Crippen LogP contribution in [0.1, 0.15) is 27.7 Å². The fourth-order valence-electron chi connectivity index (χ4n) is 3.03. The Morgan fingerprint density at radius 1 is 1.09 bits per heavy atom. The standard InChI is InChI=1S/C14H24O7S/c1-13(2)16-7-8(18-13)9-10(21-22(5,6)15)11-12(17-9)20-14(3,4)19-11/h8-12H,5,7H2,1-4,6H3/t8-,9-,10+,11-,12-,22?/m1/s1. The fourth-order valence-corrected chi connectivity index (χ4v) is 3.71. The van der Waals surface area contributed by atoms with Crippen molar-refractivity contribution in [2.75, 3.05) is 12.9 Å². The lowest BCUT2D eigenvalue weighted by atomic mass is 10.1. The van der Waals surface area contributed by atoms with E-state index in [0.717, 1.165) is 0 Å². The quantitative estimate of drug-likeness (QED) is 0.701. The van der Waals surface area contributed by atoms with Crippen molar-refractivity contribution in [2.24, 2.45) is 0 Å². The van der Waals surface area contributed by atoms with Crippen molar-refractivity contribution in [3.8, 4) is 0 Å². The van der Waals surface area contributed by atoms with E-state index in [1.165, 1.54) is 6.26 Å². The van der Waals surface area contributed by atoms with E-state index < -0.39 is 46.0 Å². The zero-order valence-corrected chi connectivity index (χ0v) is 14.4. The van der Waals surface area contributed by atoms with Gasteiger partial charge < -0.3 is 23.7 Å². The first kappa shape index (κ1) is 16.6. The van der Waals surface area contributed by atoms with Crippen LogP contribution in [0.25, 0.3) is 0 Å². The highest BCUT2D eigenvalue weighted by Crippen LogP contribution is 2.42. The number of hydrogen-bond donors (Lipinski definition) is 0. The molecule has 3 saturated heterocycles. The van der Waals surface area contributed by atoms with Crippen LogP contribution < -0.4 is 0 Å². The summed E-state index contributed by atoms with van der Waals surface area (Å²) in [4.78, 5) is 0. The molecule has 0 aliphatic carbocycles. The molecular formula is C14H24O7S. The highest BCUT2D eigenvalue weighted by atomic mass is 32.2. The van der Waals surface area contributed by atoms with Gasteiger partial charge in [0.05, 0.1) is 16.4 Å². The molecule has 3 heterocycles. The molecule has 3 rings (SSSR count). The van der Waals surface area contributed by atoms with Crippen molar-refractivity contribution in [1.82, 2.24) is 0 Å². The summed E-state index contributed by atoms with van der Waals surface area (Å²) in [5.74, 6) is 2.10. The molecule has 0 aromatic rings. The lowest BCUT2D eigenvalue weighted by Gasteiger charge is -2.29. The summed E-state index contributed by atoms with van der Waals surface area (Å²) in [6.07, 6.45) is -1.05. The van der Waals surface area contributed by atoms with Crippen molar-refractivity contribution in [3.63, 3.8) is 0 Å². The molecule has 0 saturated carbocycles. The number of rotatable bonds is 3. The molecule has 0 spiro atoms. The van der Waals surface area contributed by atoms with Crippen LogP contribution in [0, 0.1) is 0 Å². The van der Waals surface area contributed by atoms with Gasteiger partial charge in [0.25, 0.3) is 0 Å². The second kappa shape index (κ2) is 5.14. The number of hydrogen-bond acceptors (Lipinski definition) is 7. The van der Waals surface area contributed by atoms with Gasteiger partial charge in [-0.3, -0.25) is 4.18 Å². The van der Waals surface area contributed by atoms with E-state index in [1.54, 1.807) is 13.8 Å². The first-order valence-corrected chi connectivity index (χ1v) is 9.35. The Morgan fingerprint density at radius 2 is 1.77 bits per heavy atom. The highest BCUT2D eigenvalue weighted by Gasteiger charge is 2.59. The van der Waals surface area contributed by atoms with Gasteiger partial charge in [-0.25, -0.2) is 4.21 Å². The van der Waals surface area contributed by atoms with E-state index in [1.807, 2.05) is 13.8 Å². The smallest absolute Gasteiger partial charge is 0.190 e. The summed E-state index contributed by atoms with van der Waals surface area (Å²) in [6.45, 7) is 7.62. The zero-order chi connectivity index (χ0) is 16.3. The van der Waals surface area contributed by atoms with Gasteiger partial charge in [-0.15, -0.1) is 0 Å². The van der Waals surface area contributed by atoms with E-state index in [4.69, 9.17) is 27.9 Å². The van der Waals surface area contributed by atoms with E-state index in [2.05, 4.69) is 5.87 Å². The minimum atomic E-state index is -2.69. The summed E-state index contributed by atoms with van der Waals surface area (Å²) >= 11 is 0. The van der Waals surface area contributed by atoms with Gasteiger partial charge in [-0.2, -0.15) is 0 Å². The van der Waals surface area contributed by atoms with E-state index >= 15 is 0 Å². The van der Waals surface area contributed by atoms with Gasteiger partial charge in [-0.05, 0) is 33.6 Å². The molecule has 0 amide bonds. The average molecular weight is 336 g/mol. The third kappa shape index (κ3) is 3.33. The molecule has 8 heteroatoms. The Bertz CT molecular complexity index is 541. The number of fused-ring (bicyclic) bond motifs is 1. The topological polar surface area (TPSA) is 72.5 Å². The molecule has 7 nitrogen and oxygen atoms in total.